The Kier molecular flexibility index (Phi) is 2.86. The van der Waals surface area contributed by atoms with Crippen LogP contribution >= 0.6 is 0 Å². The first kappa shape index (κ1) is 13.5. The van der Waals surface area contributed by atoms with Crippen LogP contribution in [0.25, 0.3) is 0 Å². The normalized spacial score (nSPS) is 21.2. The lowest BCUT2D eigenvalue weighted by atomic mass is 10.4. The Morgan fingerprint density at radius 3 is 1.74 bits per heavy atom. The van der Waals surface area contributed by atoms with E-state index >= 15 is 0 Å². The van der Waals surface area contributed by atoms with Gasteiger partial charge in [0.25, 0.3) is 5.95 Å². The zero-order chi connectivity index (χ0) is 14.4. The molecule has 106 valence electrons. The van der Waals surface area contributed by atoms with Crippen molar-refractivity contribution in [2.24, 2.45) is 0 Å². The molecule has 1 aromatic heterocycles. The summed E-state index contributed by atoms with van der Waals surface area (Å²) >= 11 is 0. The molecule has 0 atom stereocenters. The van der Waals surface area contributed by atoms with Crippen molar-refractivity contribution in [2.45, 2.75) is 0 Å². The van der Waals surface area contributed by atoms with Gasteiger partial charge in [-0.3, -0.25) is 0 Å². The highest BCUT2D eigenvalue weighted by Crippen LogP contribution is 2.26. The van der Waals surface area contributed by atoms with Gasteiger partial charge in [-0.05, 0) is 5.23 Å². The number of hydrogen-bond acceptors (Lipinski definition) is 13. The van der Waals surface area contributed by atoms with E-state index in [2.05, 4.69) is 22.2 Å². The van der Waals surface area contributed by atoms with Gasteiger partial charge in [0.15, 0.2) is 11.6 Å². The minimum atomic E-state index is -4.90. The average Bonchev–Trinajstić information content (AvgIpc) is 2.20. The monoisotopic (exact) mass is 314 g/mol. The van der Waals surface area contributed by atoms with E-state index in [0.29, 0.717) is 0 Å². The molecule has 15 heteroatoms. The summed E-state index contributed by atoms with van der Waals surface area (Å²) in [5, 5.41) is -0.152. The lowest BCUT2D eigenvalue weighted by Gasteiger charge is -2.22. The minimum absolute atomic E-state index is 0.152. The molecule has 1 aliphatic rings. The van der Waals surface area contributed by atoms with Gasteiger partial charge in [0.2, 0.25) is 0 Å². The van der Waals surface area contributed by atoms with Gasteiger partial charge in [-0.25, -0.2) is 0 Å². The number of nitrogens with two attached hydrogens (primary N) is 3. The van der Waals surface area contributed by atoms with E-state index in [1.54, 1.807) is 0 Å². The quantitative estimate of drug-likeness (QED) is 0.487. The third-order valence-corrected chi connectivity index (χ3v) is 3.61. The molecule has 0 aromatic carbocycles. The van der Waals surface area contributed by atoms with Gasteiger partial charge in [-0.15, -0.1) is 0 Å². The molecule has 1 fully saturated rings. The molecule has 0 bridgehead atoms. The maximum Gasteiger partial charge on any atom is 0.439 e. The van der Waals surface area contributed by atoms with Crippen LogP contribution in [0.5, 0.6) is 0 Å². The molecular weight excluding hydrogens is 308 g/mol. The first-order valence-corrected chi connectivity index (χ1v) is 6.85. The van der Waals surface area contributed by atoms with Crippen molar-refractivity contribution in [1.29, 1.82) is 0 Å². The molecule has 0 radical (unpaired) electrons. The van der Waals surface area contributed by atoms with Crippen molar-refractivity contribution < 1.29 is 29.0 Å². The van der Waals surface area contributed by atoms with Crippen LogP contribution < -0.4 is 22.4 Å². The van der Waals surface area contributed by atoms with E-state index in [1.807, 2.05) is 0 Å². The Morgan fingerprint density at radius 1 is 0.895 bits per heavy atom. The Labute approximate surface area is 106 Å². The molecule has 1 aromatic rings. The Hall–Kier alpha value is -1.94. The van der Waals surface area contributed by atoms with Crippen LogP contribution in [0.15, 0.2) is 0 Å². The second-order valence-corrected chi connectivity index (χ2v) is 5.47. The molecule has 2 rings (SSSR count). The molecule has 0 saturated carbocycles. The maximum absolute atomic E-state index is 11.0. The minimum Gasteiger partial charge on any atom is -0.393 e. The number of aromatic nitrogens is 2. The highest BCUT2D eigenvalue weighted by Gasteiger charge is 2.40. The van der Waals surface area contributed by atoms with Gasteiger partial charge < -0.3 is 17.2 Å². The molecule has 0 amide bonds. The fourth-order valence-corrected chi connectivity index (χ4v) is 2.53. The first-order chi connectivity index (χ1) is 8.60. The highest BCUT2D eigenvalue weighted by atomic mass is 32.3. The fourth-order valence-electron chi connectivity index (χ4n) is 0.946. The Balaban J connectivity index is 2.48. The SMILES string of the molecule is Nc1nc(N2OS(=O)(=O)OS(=O)(=O)O2)nc(N)c1N. The standard InChI is InChI=1S/C4H6N6O7S2/c5-1-2(6)8-4(9-3(1)7)10-15-18(11,12)17-19(13,14)16-10/h5H2,(H4,6,7,8,9). The summed E-state index contributed by atoms with van der Waals surface area (Å²) in [5.74, 6) is -1.38. The van der Waals surface area contributed by atoms with Crippen LogP contribution in [0.4, 0.5) is 23.3 Å². The second-order valence-electron chi connectivity index (χ2n) is 3.00. The Bertz CT molecular complexity index is 671. The van der Waals surface area contributed by atoms with Crippen LogP contribution in [0, 0.1) is 0 Å². The second kappa shape index (κ2) is 4.03. The van der Waals surface area contributed by atoms with E-state index < -0.39 is 26.7 Å². The molecular formula is C4H6N6O7S2. The molecule has 6 N–H and O–H groups in total. The number of anilines is 4. The highest BCUT2D eigenvalue weighted by molar-refractivity contribution is 7.95. The van der Waals surface area contributed by atoms with Gasteiger partial charge in [0.05, 0.1) is 0 Å². The number of rotatable bonds is 1. The van der Waals surface area contributed by atoms with E-state index in [9.17, 15) is 16.8 Å². The zero-order valence-electron chi connectivity index (χ0n) is 8.75. The average molecular weight is 314 g/mol. The van der Waals surface area contributed by atoms with Gasteiger partial charge in [-0.2, -0.15) is 26.8 Å². The van der Waals surface area contributed by atoms with Crippen LogP contribution in [0.2, 0.25) is 0 Å². The van der Waals surface area contributed by atoms with E-state index in [1.165, 1.54) is 0 Å². The molecule has 0 aliphatic carbocycles. The summed E-state index contributed by atoms with van der Waals surface area (Å²) < 4.78 is 55.6. The van der Waals surface area contributed by atoms with E-state index in [0.717, 1.165) is 0 Å². The van der Waals surface area contributed by atoms with E-state index in [-0.39, 0.29) is 22.5 Å². The summed E-state index contributed by atoms with van der Waals surface area (Å²) in [7, 11) is -9.81. The molecule has 1 aliphatic heterocycles. The molecule has 0 unspecified atom stereocenters. The summed E-state index contributed by atoms with van der Waals surface area (Å²) in [6.07, 6.45) is 0. The summed E-state index contributed by atoms with van der Waals surface area (Å²) in [6, 6.07) is 0. The van der Waals surface area contributed by atoms with Gasteiger partial charge in [0, 0.05) is 0 Å². The smallest absolute Gasteiger partial charge is 0.393 e. The first-order valence-electron chi connectivity index (χ1n) is 4.18. The lowest BCUT2D eigenvalue weighted by molar-refractivity contribution is 0.0373. The predicted molar refractivity (Wildman–Crippen MR) is 58.8 cm³/mol. The third-order valence-electron chi connectivity index (χ3n) is 1.64. The maximum atomic E-state index is 11.0. The summed E-state index contributed by atoms with van der Waals surface area (Å²) in [6.45, 7) is 0. The number of nitrogens with zero attached hydrogens (tertiary/aromatic N) is 3. The van der Waals surface area contributed by atoms with Crippen molar-refractivity contribution in [2.75, 3.05) is 22.4 Å². The predicted octanol–water partition coefficient (Wildman–Crippen LogP) is -2.59. The van der Waals surface area contributed by atoms with Crippen molar-refractivity contribution in [3.05, 3.63) is 0 Å². The van der Waals surface area contributed by atoms with Crippen LogP contribution in [0.1, 0.15) is 0 Å². The third kappa shape index (κ3) is 2.74. The largest absolute Gasteiger partial charge is 0.439 e. The van der Waals surface area contributed by atoms with Gasteiger partial charge in [-0.1, -0.05) is 12.2 Å². The van der Waals surface area contributed by atoms with Crippen LogP contribution in [-0.4, -0.2) is 26.8 Å². The summed E-state index contributed by atoms with van der Waals surface area (Å²) in [4.78, 5) is 6.88. The fraction of sp³-hybridized carbons (Fsp3) is 0. The van der Waals surface area contributed by atoms with Gasteiger partial charge in [0.1, 0.15) is 5.69 Å². The molecule has 19 heavy (non-hydrogen) atoms. The van der Waals surface area contributed by atoms with Crippen molar-refractivity contribution >= 4 is 44.1 Å². The van der Waals surface area contributed by atoms with Crippen molar-refractivity contribution in [3.8, 4) is 0 Å². The number of nitrogen functional groups attached to an aromatic ring is 3. The molecule has 1 saturated heterocycles. The van der Waals surface area contributed by atoms with Crippen LogP contribution in [0.3, 0.4) is 0 Å². The number of hydrogen-bond donors (Lipinski definition) is 3. The van der Waals surface area contributed by atoms with Gasteiger partial charge >= 0.3 is 20.8 Å². The lowest BCUT2D eigenvalue weighted by Crippen LogP contribution is -2.39. The zero-order valence-corrected chi connectivity index (χ0v) is 10.4. The molecule has 0 spiro atoms. The van der Waals surface area contributed by atoms with Crippen LogP contribution in [-0.2, 0) is 33.0 Å². The molecule has 13 nitrogen and oxygen atoms in total. The van der Waals surface area contributed by atoms with E-state index in [4.69, 9.17) is 17.2 Å². The summed E-state index contributed by atoms with van der Waals surface area (Å²) in [5.41, 5.74) is 15.9. The molecule has 2 heterocycles. The Morgan fingerprint density at radius 2 is 1.32 bits per heavy atom. The van der Waals surface area contributed by atoms with Crippen molar-refractivity contribution in [1.82, 2.24) is 9.97 Å². The van der Waals surface area contributed by atoms with Crippen molar-refractivity contribution in [3.63, 3.8) is 0 Å². The topological polar surface area (TPSA) is 203 Å².